The van der Waals surface area contributed by atoms with Crippen LogP contribution in [0, 0.1) is 6.92 Å². The molecule has 0 aromatic heterocycles. The molecule has 0 radical (unpaired) electrons. The van der Waals surface area contributed by atoms with Crippen molar-refractivity contribution in [3.05, 3.63) is 22.8 Å². The zero-order valence-electron chi connectivity index (χ0n) is 9.44. The molecule has 90 valence electrons. The number of nitrogens with two attached hydrogens (primary N) is 1. The molecule has 4 N–H and O–H groups in total. The zero-order valence-corrected chi connectivity index (χ0v) is 10.3. The summed E-state index contributed by atoms with van der Waals surface area (Å²) in [7, 11) is 0. The third kappa shape index (κ3) is 2.39. The van der Waals surface area contributed by atoms with Gasteiger partial charge in [0.2, 0.25) is 0 Å². The summed E-state index contributed by atoms with van der Waals surface area (Å²) in [4.78, 5) is 11.0. The van der Waals surface area contributed by atoms with Crippen LogP contribution < -0.4 is 5.73 Å². The van der Waals surface area contributed by atoms with Crippen LogP contribution >= 0.6 is 12.4 Å². The van der Waals surface area contributed by atoms with E-state index in [9.17, 15) is 9.90 Å². The lowest BCUT2D eigenvalue weighted by Gasteiger charge is -2.14. The third-order valence-electron chi connectivity index (χ3n) is 2.47. The predicted octanol–water partition coefficient (Wildman–Crippen LogP) is 2.53. The van der Waals surface area contributed by atoms with Crippen LogP contribution in [0.15, 0.2) is 6.07 Å². The summed E-state index contributed by atoms with van der Waals surface area (Å²) in [6, 6.07) is 1.63. The summed E-state index contributed by atoms with van der Waals surface area (Å²) in [5, 5.41) is 18.8. The van der Waals surface area contributed by atoms with Gasteiger partial charge in [-0.2, -0.15) is 0 Å². The molecule has 0 aliphatic heterocycles. The lowest BCUT2D eigenvalue weighted by atomic mass is 9.94. The summed E-state index contributed by atoms with van der Waals surface area (Å²) in [5.41, 5.74) is 6.96. The van der Waals surface area contributed by atoms with Gasteiger partial charge in [0.15, 0.2) is 0 Å². The van der Waals surface area contributed by atoms with Crippen LogP contribution in [0.25, 0.3) is 0 Å². The molecule has 0 saturated carbocycles. The molecule has 4 nitrogen and oxygen atoms in total. The second-order valence-corrected chi connectivity index (χ2v) is 3.86. The van der Waals surface area contributed by atoms with Crippen molar-refractivity contribution < 1.29 is 15.0 Å². The van der Waals surface area contributed by atoms with Crippen molar-refractivity contribution in [2.75, 3.05) is 5.73 Å². The van der Waals surface area contributed by atoms with E-state index < -0.39 is 5.97 Å². The molecule has 0 aliphatic carbocycles. The Hall–Kier alpha value is -1.42. The van der Waals surface area contributed by atoms with Gasteiger partial charge < -0.3 is 15.9 Å². The number of nitrogen functional groups attached to an aromatic ring is 1. The van der Waals surface area contributed by atoms with Crippen molar-refractivity contribution in [1.29, 1.82) is 0 Å². The van der Waals surface area contributed by atoms with Crippen LogP contribution in [0.1, 0.15) is 41.3 Å². The number of carboxylic acids is 1. The van der Waals surface area contributed by atoms with Crippen LogP contribution in [-0.4, -0.2) is 16.2 Å². The molecule has 0 bridgehead atoms. The maximum Gasteiger partial charge on any atom is 0.339 e. The molecule has 0 spiro atoms. The number of hydrogen-bond donors (Lipinski definition) is 3. The van der Waals surface area contributed by atoms with Crippen LogP contribution in [0.4, 0.5) is 5.69 Å². The van der Waals surface area contributed by atoms with E-state index in [0.717, 1.165) is 0 Å². The molecular weight excluding hydrogens is 230 g/mol. The lowest BCUT2D eigenvalue weighted by Crippen LogP contribution is -2.06. The van der Waals surface area contributed by atoms with Gasteiger partial charge in [-0.1, -0.05) is 13.8 Å². The van der Waals surface area contributed by atoms with Gasteiger partial charge in [0.1, 0.15) is 11.3 Å². The molecule has 0 fully saturated rings. The number of carboxylic acid groups (broad SMARTS) is 1. The van der Waals surface area contributed by atoms with E-state index in [1.807, 2.05) is 13.8 Å². The minimum absolute atomic E-state index is 0. The molecule has 0 saturated heterocycles. The number of benzene rings is 1. The van der Waals surface area contributed by atoms with Gasteiger partial charge in [-0.25, -0.2) is 4.79 Å². The van der Waals surface area contributed by atoms with Crippen molar-refractivity contribution in [1.82, 2.24) is 0 Å². The average Bonchev–Trinajstić information content (AvgIpc) is 2.10. The van der Waals surface area contributed by atoms with E-state index in [-0.39, 0.29) is 29.6 Å². The Bertz CT molecular complexity index is 416. The molecule has 1 aromatic rings. The first-order valence-corrected chi connectivity index (χ1v) is 4.71. The number of hydrogen-bond acceptors (Lipinski definition) is 3. The van der Waals surface area contributed by atoms with Crippen molar-refractivity contribution >= 4 is 24.1 Å². The highest BCUT2D eigenvalue weighted by molar-refractivity contribution is 5.95. The highest BCUT2D eigenvalue weighted by atomic mass is 35.5. The Labute approximate surface area is 100 Å². The van der Waals surface area contributed by atoms with Gasteiger partial charge in [-0.15, -0.1) is 12.4 Å². The van der Waals surface area contributed by atoms with Gasteiger partial charge in [-0.3, -0.25) is 0 Å². The summed E-state index contributed by atoms with van der Waals surface area (Å²) >= 11 is 0. The van der Waals surface area contributed by atoms with Gasteiger partial charge in [0.05, 0.1) is 0 Å². The number of aromatic carboxylic acids is 1. The summed E-state index contributed by atoms with van der Waals surface area (Å²) in [6.07, 6.45) is 0. The van der Waals surface area contributed by atoms with Crippen LogP contribution in [0.2, 0.25) is 0 Å². The van der Waals surface area contributed by atoms with Gasteiger partial charge in [0.25, 0.3) is 0 Å². The van der Waals surface area contributed by atoms with Gasteiger partial charge in [-0.05, 0) is 30.0 Å². The molecule has 16 heavy (non-hydrogen) atoms. The monoisotopic (exact) mass is 245 g/mol. The zero-order chi connectivity index (χ0) is 11.7. The van der Waals surface area contributed by atoms with E-state index in [0.29, 0.717) is 16.8 Å². The molecule has 1 rings (SSSR count). The Morgan fingerprint density at radius 1 is 1.44 bits per heavy atom. The first-order chi connectivity index (χ1) is 6.86. The number of aromatic hydroxyl groups is 1. The number of halogens is 1. The molecule has 0 aliphatic rings. The number of phenols is 1. The van der Waals surface area contributed by atoms with Crippen molar-refractivity contribution in [3.8, 4) is 5.75 Å². The highest BCUT2D eigenvalue weighted by Crippen LogP contribution is 2.34. The normalized spacial score (nSPS) is 10.0. The molecule has 0 unspecified atom stereocenters. The van der Waals surface area contributed by atoms with Gasteiger partial charge in [0, 0.05) is 5.69 Å². The van der Waals surface area contributed by atoms with E-state index >= 15 is 0 Å². The maximum atomic E-state index is 11.0. The topological polar surface area (TPSA) is 83.5 Å². The molecular formula is C11H16ClNO3. The fourth-order valence-corrected chi connectivity index (χ4v) is 1.51. The Morgan fingerprint density at radius 2 is 1.94 bits per heavy atom. The average molecular weight is 246 g/mol. The van der Waals surface area contributed by atoms with E-state index in [1.54, 1.807) is 13.0 Å². The fourth-order valence-electron chi connectivity index (χ4n) is 1.51. The molecule has 0 atom stereocenters. The summed E-state index contributed by atoms with van der Waals surface area (Å²) in [6.45, 7) is 5.33. The second-order valence-electron chi connectivity index (χ2n) is 3.86. The minimum Gasteiger partial charge on any atom is -0.507 e. The van der Waals surface area contributed by atoms with E-state index in [2.05, 4.69) is 0 Å². The SMILES string of the molecule is Cc1c(N)cc(C(C)C)c(O)c1C(=O)O.Cl. The summed E-state index contributed by atoms with van der Waals surface area (Å²) < 4.78 is 0. The first kappa shape index (κ1) is 14.6. The van der Waals surface area contributed by atoms with Crippen molar-refractivity contribution in [2.45, 2.75) is 26.7 Å². The first-order valence-electron chi connectivity index (χ1n) is 4.71. The second kappa shape index (κ2) is 5.07. The smallest absolute Gasteiger partial charge is 0.339 e. The van der Waals surface area contributed by atoms with Crippen molar-refractivity contribution in [2.24, 2.45) is 0 Å². The Kier molecular flexibility index (Phi) is 4.62. The molecule has 1 aromatic carbocycles. The quantitative estimate of drug-likeness (QED) is 0.552. The largest absolute Gasteiger partial charge is 0.507 e. The van der Waals surface area contributed by atoms with Gasteiger partial charge >= 0.3 is 5.97 Å². The fraction of sp³-hybridized carbons (Fsp3) is 0.364. The number of rotatable bonds is 2. The Balaban J connectivity index is 0.00000225. The number of anilines is 1. The van der Waals surface area contributed by atoms with E-state index in [1.165, 1.54) is 0 Å². The Morgan fingerprint density at radius 3 is 2.31 bits per heavy atom. The standard InChI is InChI=1S/C11H15NO3.ClH/c1-5(2)7-4-8(12)6(3)9(10(7)13)11(14)15;/h4-5,13H,12H2,1-3H3,(H,14,15);1H. The molecule has 0 heterocycles. The van der Waals surface area contributed by atoms with Crippen LogP contribution in [0.3, 0.4) is 0 Å². The minimum atomic E-state index is -1.15. The molecule has 5 heteroatoms. The van der Waals surface area contributed by atoms with Crippen molar-refractivity contribution in [3.63, 3.8) is 0 Å². The predicted molar refractivity (Wildman–Crippen MR) is 65.6 cm³/mol. The van der Waals surface area contributed by atoms with E-state index in [4.69, 9.17) is 10.8 Å². The molecule has 0 amide bonds. The van der Waals surface area contributed by atoms with Crippen LogP contribution in [-0.2, 0) is 0 Å². The lowest BCUT2D eigenvalue weighted by molar-refractivity contribution is 0.0693. The number of carbonyl (C=O) groups is 1. The summed E-state index contributed by atoms with van der Waals surface area (Å²) in [5.74, 6) is -1.30. The third-order valence-corrected chi connectivity index (χ3v) is 2.47. The maximum absolute atomic E-state index is 11.0. The highest BCUT2D eigenvalue weighted by Gasteiger charge is 2.20. The van der Waals surface area contributed by atoms with Crippen LogP contribution in [0.5, 0.6) is 5.75 Å².